The van der Waals surface area contributed by atoms with E-state index in [2.05, 4.69) is 4.99 Å². The molecular weight excluding hydrogens is 377 g/mol. The molecule has 0 spiro atoms. The number of carbonyl (C=O) groups excluding carboxylic acids is 2. The van der Waals surface area contributed by atoms with E-state index >= 15 is 0 Å². The zero-order chi connectivity index (χ0) is 21.0. The van der Waals surface area contributed by atoms with E-state index in [0.29, 0.717) is 29.2 Å². The molecule has 29 heavy (non-hydrogen) atoms. The summed E-state index contributed by atoms with van der Waals surface area (Å²) in [5.41, 5.74) is 1.21. The van der Waals surface area contributed by atoms with Gasteiger partial charge in [-0.3, -0.25) is 4.79 Å². The Hall–Kier alpha value is -3.48. The van der Waals surface area contributed by atoms with Gasteiger partial charge in [-0.2, -0.15) is 0 Å². The molecule has 0 bridgehead atoms. The van der Waals surface area contributed by atoms with Gasteiger partial charge in [0.15, 0.2) is 17.2 Å². The second-order valence-corrected chi connectivity index (χ2v) is 6.56. The molecule has 1 heterocycles. The fourth-order valence-corrected chi connectivity index (χ4v) is 2.48. The summed E-state index contributed by atoms with van der Waals surface area (Å²) >= 11 is 0. The van der Waals surface area contributed by atoms with Gasteiger partial charge in [0.1, 0.15) is 5.82 Å². The van der Waals surface area contributed by atoms with Gasteiger partial charge in [-0.15, -0.1) is 0 Å². The van der Waals surface area contributed by atoms with E-state index in [-0.39, 0.29) is 23.5 Å². The second-order valence-electron chi connectivity index (χ2n) is 6.56. The maximum absolute atomic E-state index is 13.1. The van der Waals surface area contributed by atoms with E-state index in [1.807, 2.05) is 6.92 Å². The highest BCUT2D eigenvalue weighted by Crippen LogP contribution is 2.31. The Morgan fingerprint density at radius 3 is 2.55 bits per heavy atom. The Morgan fingerprint density at radius 2 is 1.90 bits per heavy atom. The molecule has 2 aromatic rings. The van der Waals surface area contributed by atoms with Crippen molar-refractivity contribution in [2.45, 2.75) is 20.8 Å². The van der Waals surface area contributed by atoms with Gasteiger partial charge in [-0.1, -0.05) is 19.9 Å². The molecule has 0 saturated carbocycles. The number of cyclic esters (lactones) is 1. The highest BCUT2D eigenvalue weighted by molar-refractivity contribution is 6.12. The molecular formula is C22H20FNO5. The van der Waals surface area contributed by atoms with Gasteiger partial charge in [-0.25, -0.2) is 14.2 Å². The third-order valence-corrected chi connectivity index (χ3v) is 3.96. The molecule has 0 unspecified atom stereocenters. The first kappa shape index (κ1) is 20.3. The number of halogens is 1. The van der Waals surface area contributed by atoms with E-state index in [0.717, 1.165) is 0 Å². The van der Waals surface area contributed by atoms with Crippen LogP contribution in [-0.2, 0) is 14.3 Å². The zero-order valence-corrected chi connectivity index (χ0v) is 16.3. The van der Waals surface area contributed by atoms with Crippen LogP contribution in [0.1, 0.15) is 31.9 Å². The third-order valence-electron chi connectivity index (χ3n) is 3.96. The summed E-state index contributed by atoms with van der Waals surface area (Å²) in [5.74, 6) is -0.867. The lowest BCUT2D eigenvalue weighted by Crippen LogP contribution is -2.15. The van der Waals surface area contributed by atoms with Crippen molar-refractivity contribution in [2.75, 3.05) is 6.61 Å². The average molecular weight is 397 g/mol. The van der Waals surface area contributed by atoms with Crippen LogP contribution in [0.15, 0.2) is 53.2 Å². The van der Waals surface area contributed by atoms with Gasteiger partial charge in [0.2, 0.25) is 5.90 Å². The van der Waals surface area contributed by atoms with Gasteiger partial charge in [-0.05, 0) is 55.0 Å². The smallest absolute Gasteiger partial charge is 0.363 e. The maximum atomic E-state index is 13.1. The average Bonchev–Trinajstić information content (AvgIpc) is 3.05. The van der Waals surface area contributed by atoms with Crippen molar-refractivity contribution in [2.24, 2.45) is 10.9 Å². The molecule has 0 radical (unpaired) electrons. The highest BCUT2D eigenvalue weighted by atomic mass is 19.1. The van der Waals surface area contributed by atoms with Crippen molar-refractivity contribution in [1.82, 2.24) is 0 Å². The topological polar surface area (TPSA) is 74.2 Å². The highest BCUT2D eigenvalue weighted by Gasteiger charge is 2.24. The Bertz CT molecular complexity index is 993. The molecule has 3 rings (SSSR count). The van der Waals surface area contributed by atoms with Crippen molar-refractivity contribution < 1.29 is 28.2 Å². The number of nitrogens with zero attached hydrogens (tertiary/aromatic N) is 1. The van der Waals surface area contributed by atoms with Crippen LogP contribution in [-0.4, -0.2) is 24.4 Å². The molecule has 1 aliphatic rings. The van der Waals surface area contributed by atoms with Crippen LogP contribution in [0.3, 0.4) is 0 Å². The summed E-state index contributed by atoms with van der Waals surface area (Å²) in [5, 5.41) is 0. The summed E-state index contributed by atoms with van der Waals surface area (Å²) in [7, 11) is 0. The molecule has 0 aromatic heterocycles. The normalized spacial score (nSPS) is 14.7. The van der Waals surface area contributed by atoms with Crippen LogP contribution in [0.25, 0.3) is 6.08 Å². The fraction of sp³-hybridized carbons (Fsp3) is 0.227. The molecule has 2 aromatic carbocycles. The lowest BCUT2D eigenvalue weighted by atomic mass is 10.1. The monoisotopic (exact) mass is 397 g/mol. The summed E-state index contributed by atoms with van der Waals surface area (Å²) < 4.78 is 29.2. The summed E-state index contributed by atoms with van der Waals surface area (Å²) in [6.07, 6.45) is 1.54. The third kappa shape index (κ3) is 4.87. The first-order valence-electron chi connectivity index (χ1n) is 9.14. The SMILES string of the molecule is CCOc1cc(/C=C2\N=C(c3ccc(F)cc3)OC2=O)ccc1OC(=O)C(C)C. The number of hydrogen-bond donors (Lipinski definition) is 0. The summed E-state index contributed by atoms with van der Waals surface area (Å²) in [6, 6.07) is 10.4. The van der Waals surface area contributed by atoms with Crippen molar-refractivity contribution in [3.05, 3.63) is 65.1 Å². The van der Waals surface area contributed by atoms with E-state index < -0.39 is 11.8 Å². The van der Waals surface area contributed by atoms with E-state index in [1.165, 1.54) is 30.3 Å². The van der Waals surface area contributed by atoms with Crippen molar-refractivity contribution >= 4 is 23.9 Å². The van der Waals surface area contributed by atoms with Crippen molar-refractivity contribution in [3.8, 4) is 11.5 Å². The van der Waals surface area contributed by atoms with Gasteiger partial charge >= 0.3 is 11.9 Å². The quantitative estimate of drug-likeness (QED) is 0.416. The molecule has 0 amide bonds. The fourth-order valence-electron chi connectivity index (χ4n) is 2.48. The number of benzene rings is 2. The molecule has 6 nitrogen and oxygen atoms in total. The van der Waals surface area contributed by atoms with Crippen LogP contribution < -0.4 is 9.47 Å². The predicted molar refractivity (Wildman–Crippen MR) is 105 cm³/mol. The number of hydrogen-bond acceptors (Lipinski definition) is 6. The number of ether oxygens (including phenoxy) is 3. The second kappa shape index (κ2) is 8.68. The largest absolute Gasteiger partial charge is 0.490 e. The molecule has 7 heteroatoms. The van der Waals surface area contributed by atoms with Crippen molar-refractivity contribution in [3.63, 3.8) is 0 Å². The zero-order valence-electron chi connectivity index (χ0n) is 16.3. The van der Waals surface area contributed by atoms with Gasteiger partial charge in [0, 0.05) is 5.56 Å². The standard InChI is InChI=1S/C22H20FNO5/c1-4-27-19-12-14(5-10-18(19)28-21(25)13(2)3)11-17-22(26)29-20(24-17)15-6-8-16(23)9-7-15/h5-13H,4H2,1-3H3/b17-11-. The minimum absolute atomic E-state index is 0.0960. The molecule has 0 aliphatic carbocycles. The Balaban J connectivity index is 1.88. The predicted octanol–water partition coefficient (Wildman–Crippen LogP) is 4.13. The van der Waals surface area contributed by atoms with Crippen LogP contribution in [0, 0.1) is 11.7 Å². The first-order valence-corrected chi connectivity index (χ1v) is 9.14. The minimum atomic E-state index is -0.613. The molecule has 0 atom stereocenters. The first-order chi connectivity index (χ1) is 13.9. The van der Waals surface area contributed by atoms with Gasteiger partial charge in [0.25, 0.3) is 0 Å². The van der Waals surface area contributed by atoms with E-state index in [4.69, 9.17) is 14.2 Å². The van der Waals surface area contributed by atoms with E-state index in [9.17, 15) is 14.0 Å². The molecule has 0 fully saturated rings. The van der Waals surface area contributed by atoms with Crippen LogP contribution >= 0.6 is 0 Å². The Kier molecular flexibility index (Phi) is 6.07. The van der Waals surface area contributed by atoms with Gasteiger partial charge in [0.05, 0.1) is 12.5 Å². The Labute approximate surface area is 167 Å². The molecule has 150 valence electrons. The molecule has 0 N–H and O–H groups in total. The number of rotatable bonds is 6. The summed E-state index contributed by atoms with van der Waals surface area (Å²) in [4.78, 5) is 28.2. The van der Waals surface area contributed by atoms with Crippen LogP contribution in [0.4, 0.5) is 4.39 Å². The molecule has 1 aliphatic heterocycles. The number of esters is 2. The number of carbonyl (C=O) groups is 2. The van der Waals surface area contributed by atoms with Crippen LogP contribution in [0.2, 0.25) is 0 Å². The summed E-state index contributed by atoms with van der Waals surface area (Å²) in [6.45, 7) is 5.67. The van der Waals surface area contributed by atoms with E-state index in [1.54, 1.807) is 32.0 Å². The lowest BCUT2D eigenvalue weighted by molar-refractivity contribution is -0.138. The van der Waals surface area contributed by atoms with Crippen molar-refractivity contribution in [1.29, 1.82) is 0 Å². The van der Waals surface area contributed by atoms with Gasteiger partial charge < -0.3 is 14.2 Å². The maximum Gasteiger partial charge on any atom is 0.363 e. The van der Waals surface area contributed by atoms with Crippen LogP contribution in [0.5, 0.6) is 11.5 Å². The Morgan fingerprint density at radius 1 is 1.17 bits per heavy atom. The minimum Gasteiger partial charge on any atom is -0.490 e. The lowest BCUT2D eigenvalue weighted by Gasteiger charge is -2.12. The number of aliphatic imine (C=N–C) groups is 1. The molecule has 0 saturated heterocycles.